The molecule has 0 amide bonds. The van der Waals surface area contributed by atoms with Crippen LogP contribution in [0, 0.1) is 0 Å². The first-order chi connectivity index (χ1) is 5.38. The number of benzene rings is 2. The molecule has 0 aliphatic heterocycles. The maximum absolute atomic E-state index is 9.37. The predicted octanol–water partition coefficient (Wildman–Crippen LogP) is 2.16. The Morgan fingerprint density at radius 2 is 1.50 bits per heavy atom. The molecule has 2 heteroatoms. The fourth-order valence-corrected chi connectivity index (χ4v) is 1.21. The first kappa shape index (κ1) is 9.59. The van der Waals surface area contributed by atoms with Crippen LogP contribution in [0.25, 0.3) is 10.8 Å². The van der Waals surface area contributed by atoms with Gasteiger partial charge in [-0.3, -0.25) is 0 Å². The number of phenols is 1. The zero-order valence-corrected chi connectivity index (χ0v) is 8.99. The van der Waals surface area contributed by atoms with Gasteiger partial charge in [0.2, 0.25) is 0 Å². The van der Waals surface area contributed by atoms with Gasteiger partial charge in [-0.05, 0) is 11.5 Å². The van der Waals surface area contributed by atoms with E-state index in [1.54, 1.807) is 6.07 Å². The van der Waals surface area contributed by atoms with Crippen LogP contribution < -0.4 is 0 Å². The Morgan fingerprint density at radius 1 is 0.833 bits per heavy atom. The van der Waals surface area contributed by atoms with Crippen molar-refractivity contribution in [3.8, 4) is 5.75 Å². The molecular weight excluding hydrogens is 159 g/mol. The standard InChI is InChI=1S/C10H8O.Na/c11-10-7-3-5-8-4-1-2-6-9(8)10;/h1-7,11H;. The van der Waals surface area contributed by atoms with Crippen LogP contribution in [0.4, 0.5) is 0 Å². The Morgan fingerprint density at radius 3 is 2.25 bits per heavy atom. The largest absolute Gasteiger partial charge is 0.507 e. The average molecular weight is 167 g/mol. The van der Waals surface area contributed by atoms with Crippen LogP contribution in [0.2, 0.25) is 0 Å². The van der Waals surface area contributed by atoms with Crippen molar-refractivity contribution in [2.45, 2.75) is 0 Å². The van der Waals surface area contributed by atoms with E-state index >= 15 is 0 Å². The first-order valence-electron chi connectivity index (χ1n) is 3.54. The Kier molecular flexibility index (Phi) is 3.15. The molecule has 1 nitrogen and oxygen atoms in total. The van der Waals surface area contributed by atoms with E-state index in [9.17, 15) is 5.11 Å². The van der Waals surface area contributed by atoms with Crippen molar-refractivity contribution in [3.05, 3.63) is 42.5 Å². The maximum Gasteiger partial charge on any atom is 0.123 e. The van der Waals surface area contributed by atoms with Gasteiger partial charge in [-0.15, -0.1) is 0 Å². The van der Waals surface area contributed by atoms with Gasteiger partial charge in [-0.2, -0.15) is 0 Å². The predicted molar refractivity (Wildman–Crippen MR) is 51.4 cm³/mol. The van der Waals surface area contributed by atoms with Gasteiger partial charge in [0.1, 0.15) is 5.75 Å². The molecule has 12 heavy (non-hydrogen) atoms. The zero-order valence-electron chi connectivity index (χ0n) is 6.99. The van der Waals surface area contributed by atoms with Gasteiger partial charge in [0.15, 0.2) is 0 Å². The van der Waals surface area contributed by atoms with Gasteiger partial charge in [0, 0.05) is 34.9 Å². The summed E-state index contributed by atoms with van der Waals surface area (Å²) in [5, 5.41) is 11.4. The Labute approximate surface area is 93.3 Å². The monoisotopic (exact) mass is 167 g/mol. The molecule has 0 aliphatic rings. The summed E-state index contributed by atoms with van der Waals surface area (Å²) in [5.74, 6) is 0.350. The second-order valence-electron chi connectivity index (χ2n) is 2.50. The minimum Gasteiger partial charge on any atom is -0.507 e. The van der Waals surface area contributed by atoms with E-state index in [2.05, 4.69) is 0 Å². The summed E-state index contributed by atoms with van der Waals surface area (Å²) in [7, 11) is 0. The van der Waals surface area contributed by atoms with E-state index in [0.29, 0.717) is 5.75 Å². The van der Waals surface area contributed by atoms with E-state index in [1.165, 1.54) is 0 Å². The van der Waals surface area contributed by atoms with E-state index < -0.39 is 0 Å². The summed E-state index contributed by atoms with van der Waals surface area (Å²) in [5.41, 5.74) is 0. The fraction of sp³-hybridized carbons (Fsp3) is 0. The van der Waals surface area contributed by atoms with E-state index in [4.69, 9.17) is 0 Å². The van der Waals surface area contributed by atoms with Gasteiger partial charge in [-0.25, -0.2) is 0 Å². The Balaban J connectivity index is 0.000000720. The third-order valence-electron chi connectivity index (χ3n) is 1.77. The topological polar surface area (TPSA) is 20.2 Å². The van der Waals surface area contributed by atoms with E-state index in [0.717, 1.165) is 10.8 Å². The summed E-state index contributed by atoms with van der Waals surface area (Å²) in [4.78, 5) is 0. The van der Waals surface area contributed by atoms with Crippen LogP contribution in [0.15, 0.2) is 42.5 Å². The van der Waals surface area contributed by atoms with Gasteiger partial charge in [0.25, 0.3) is 0 Å². The quantitative estimate of drug-likeness (QED) is 0.596. The van der Waals surface area contributed by atoms with Crippen molar-refractivity contribution in [2.24, 2.45) is 0 Å². The second kappa shape index (κ2) is 3.94. The van der Waals surface area contributed by atoms with Crippen molar-refractivity contribution < 1.29 is 5.11 Å². The summed E-state index contributed by atoms with van der Waals surface area (Å²) < 4.78 is 0. The number of phenolic OH excluding ortho intramolecular Hbond substituents is 1. The van der Waals surface area contributed by atoms with Crippen LogP contribution >= 0.6 is 0 Å². The fourth-order valence-electron chi connectivity index (χ4n) is 1.21. The average Bonchev–Trinajstić information content (AvgIpc) is 2.06. The number of aromatic hydroxyl groups is 1. The minimum atomic E-state index is 0. The molecule has 0 heterocycles. The summed E-state index contributed by atoms with van der Waals surface area (Å²) in [6, 6.07) is 13.3. The molecule has 0 unspecified atom stereocenters. The molecule has 2 aromatic rings. The molecule has 0 saturated carbocycles. The molecular formula is C10H8NaO. The molecule has 0 fully saturated rings. The molecule has 0 aliphatic carbocycles. The number of hydrogen-bond donors (Lipinski definition) is 1. The number of rotatable bonds is 0. The van der Waals surface area contributed by atoms with Crippen molar-refractivity contribution in [2.75, 3.05) is 0 Å². The normalized spacial score (nSPS) is 9.33. The van der Waals surface area contributed by atoms with Gasteiger partial charge < -0.3 is 5.11 Å². The molecule has 1 N–H and O–H groups in total. The smallest absolute Gasteiger partial charge is 0.123 e. The summed E-state index contributed by atoms with van der Waals surface area (Å²) in [6.45, 7) is 0. The van der Waals surface area contributed by atoms with Crippen molar-refractivity contribution in [1.29, 1.82) is 0 Å². The van der Waals surface area contributed by atoms with Crippen LogP contribution in [0.5, 0.6) is 5.75 Å². The van der Waals surface area contributed by atoms with Crippen LogP contribution in [-0.2, 0) is 0 Å². The third kappa shape index (κ3) is 1.63. The number of hydrogen-bond acceptors (Lipinski definition) is 1. The first-order valence-corrected chi connectivity index (χ1v) is 3.54. The molecule has 55 valence electrons. The molecule has 0 aromatic heterocycles. The van der Waals surface area contributed by atoms with Crippen LogP contribution in [-0.4, -0.2) is 34.7 Å². The molecule has 0 spiro atoms. The van der Waals surface area contributed by atoms with Crippen molar-refractivity contribution >= 4 is 40.3 Å². The minimum absolute atomic E-state index is 0. The summed E-state index contributed by atoms with van der Waals surface area (Å²) >= 11 is 0. The molecule has 2 aromatic carbocycles. The molecule has 0 atom stereocenters. The molecule has 2 rings (SSSR count). The van der Waals surface area contributed by atoms with Gasteiger partial charge >= 0.3 is 0 Å². The van der Waals surface area contributed by atoms with Crippen molar-refractivity contribution in [3.63, 3.8) is 0 Å². The van der Waals surface area contributed by atoms with Gasteiger partial charge in [0.05, 0.1) is 0 Å². The number of fused-ring (bicyclic) bond motifs is 1. The van der Waals surface area contributed by atoms with Gasteiger partial charge in [-0.1, -0.05) is 36.4 Å². The molecule has 0 bridgehead atoms. The summed E-state index contributed by atoms with van der Waals surface area (Å²) in [6.07, 6.45) is 0. The maximum atomic E-state index is 9.37. The Bertz CT molecular complexity index is 379. The molecule has 0 saturated heterocycles. The second-order valence-corrected chi connectivity index (χ2v) is 2.50. The SMILES string of the molecule is Oc1cccc2ccccc12.[Na]. The Hall–Kier alpha value is -0.500. The van der Waals surface area contributed by atoms with Crippen LogP contribution in [0.3, 0.4) is 0 Å². The van der Waals surface area contributed by atoms with Crippen LogP contribution in [0.1, 0.15) is 0 Å². The van der Waals surface area contributed by atoms with E-state index in [1.807, 2.05) is 36.4 Å². The zero-order chi connectivity index (χ0) is 7.68. The third-order valence-corrected chi connectivity index (χ3v) is 1.77. The van der Waals surface area contributed by atoms with Crippen molar-refractivity contribution in [1.82, 2.24) is 0 Å². The molecule has 1 radical (unpaired) electrons. The van der Waals surface area contributed by atoms with E-state index in [-0.39, 0.29) is 29.6 Å².